The fourth-order valence-electron chi connectivity index (χ4n) is 7.06. The van der Waals surface area contributed by atoms with E-state index in [1.54, 1.807) is 0 Å². The molecule has 4 fully saturated rings. The van der Waals surface area contributed by atoms with Crippen molar-refractivity contribution in [1.82, 2.24) is 5.32 Å². The highest BCUT2D eigenvalue weighted by Crippen LogP contribution is 2.69. The van der Waals surface area contributed by atoms with E-state index < -0.39 is 12.0 Å². The van der Waals surface area contributed by atoms with Crippen molar-refractivity contribution < 1.29 is 14.7 Å². The summed E-state index contributed by atoms with van der Waals surface area (Å²) in [5.41, 5.74) is 1.05. The van der Waals surface area contributed by atoms with Crippen LogP contribution in [-0.2, 0) is 16.0 Å². The van der Waals surface area contributed by atoms with Gasteiger partial charge in [0.15, 0.2) is 0 Å². The van der Waals surface area contributed by atoms with Crippen LogP contribution >= 0.6 is 0 Å². The van der Waals surface area contributed by atoms with Crippen LogP contribution in [0.15, 0.2) is 30.3 Å². The van der Waals surface area contributed by atoms with E-state index in [0.717, 1.165) is 24.8 Å². The molecule has 1 aromatic rings. The number of hydrogen-bond acceptors (Lipinski definition) is 2. The van der Waals surface area contributed by atoms with Crippen LogP contribution in [-0.4, -0.2) is 23.0 Å². The third-order valence-electron chi connectivity index (χ3n) is 6.99. The minimum absolute atomic E-state index is 0.0256. The number of carboxylic acid groups (broad SMARTS) is 1. The number of carbonyl (C=O) groups excluding carboxylic acids is 1. The maximum absolute atomic E-state index is 13.3. The van der Waals surface area contributed by atoms with Crippen LogP contribution in [0.25, 0.3) is 0 Å². The van der Waals surface area contributed by atoms with E-state index in [2.05, 4.69) is 19.2 Å². The highest BCUT2D eigenvalue weighted by molar-refractivity contribution is 5.88. The first kappa shape index (κ1) is 17.6. The maximum atomic E-state index is 13.3. The van der Waals surface area contributed by atoms with Crippen LogP contribution in [0.3, 0.4) is 0 Å². The predicted molar refractivity (Wildman–Crippen MR) is 99.6 cm³/mol. The van der Waals surface area contributed by atoms with Gasteiger partial charge in [0, 0.05) is 6.42 Å². The summed E-state index contributed by atoms with van der Waals surface area (Å²) in [6, 6.07) is 8.67. The van der Waals surface area contributed by atoms with Gasteiger partial charge in [0.25, 0.3) is 0 Å². The summed E-state index contributed by atoms with van der Waals surface area (Å²) >= 11 is 0. The molecule has 0 heterocycles. The molecule has 3 atom stereocenters. The molecule has 0 radical (unpaired) electrons. The fourth-order valence-corrected chi connectivity index (χ4v) is 7.06. The molecule has 4 nitrogen and oxygen atoms in total. The van der Waals surface area contributed by atoms with Gasteiger partial charge in [0.1, 0.15) is 6.04 Å². The Hall–Kier alpha value is -1.84. The summed E-state index contributed by atoms with van der Waals surface area (Å²) in [5, 5.41) is 12.6. The molecule has 4 aliphatic rings. The van der Waals surface area contributed by atoms with E-state index >= 15 is 0 Å². The highest BCUT2D eigenvalue weighted by atomic mass is 16.4. The molecule has 2 N–H and O–H groups in total. The van der Waals surface area contributed by atoms with E-state index in [1.807, 2.05) is 30.3 Å². The van der Waals surface area contributed by atoms with Crippen LogP contribution in [0.2, 0.25) is 0 Å². The van der Waals surface area contributed by atoms with Gasteiger partial charge >= 0.3 is 5.97 Å². The third kappa shape index (κ3) is 3.04. The Bertz CT molecular complexity index is 710. The van der Waals surface area contributed by atoms with Gasteiger partial charge in [-0.3, -0.25) is 4.79 Å². The number of carbonyl (C=O) groups is 2. The van der Waals surface area contributed by atoms with Crippen molar-refractivity contribution in [3.63, 3.8) is 0 Å². The lowest BCUT2D eigenvalue weighted by atomic mass is 9.40. The van der Waals surface area contributed by atoms with Gasteiger partial charge < -0.3 is 10.4 Å². The lowest BCUT2D eigenvalue weighted by molar-refractivity contribution is -0.171. The normalized spacial score (nSPS) is 38.8. The van der Waals surface area contributed by atoms with Crippen molar-refractivity contribution in [2.45, 2.75) is 64.8 Å². The van der Waals surface area contributed by atoms with Crippen LogP contribution in [0.5, 0.6) is 0 Å². The molecule has 140 valence electrons. The lowest BCUT2D eigenvalue weighted by Crippen LogP contribution is -2.61. The smallest absolute Gasteiger partial charge is 0.326 e. The first-order valence-corrected chi connectivity index (χ1v) is 9.79. The summed E-state index contributed by atoms with van der Waals surface area (Å²) in [6.07, 6.45) is 6.74. The molecule has 4 bridgehead atoms. The lowest BCUT2D eigenvalue weighted by Gasteiger charge is -2.64. The van der Waals surface area contributed by atoms with Crippen molar-refractivity contribution in [3.8, 4) is 0 Å². The van der Waals surface area contributed by atoms with Crippen LogP contribution in [0, 0.1) is 22.2 Å². The molecule has 4 saturated carbocycles. The predicted octanol–water partition coefficient (Wildman–Crippen LogP) is 3.80. The second kappa shape index (κ2) is 5.83. The average molecular weight is 355 g/mol. The zero-order valence-electron chi connectivity index (χ0n) is 15.8. The highest BCUT2D eigenvalue weighted by Gasteiger charge is 2.62. The van der Waals surface area contributed by atoms with Gasteiger partial charge in [-0.1, -0.05) is 44.2 Å². The monoisotopic (exact) mass is 355 g/mol. The summed E-state index contributed by atoms with van der Waals surface area (Å²) in [6.45, 7) is 4.66. The Labute approximate surface area is 155 Å². The Morgan fingerprint density at radius 2 is 1.69 bits per heavy atom. The first-order valence-electron chi connectivity index (χ1n) is 9.79. The van der Waals surface area contributed by atoms with E-state index in [0.29, 0.717) is 12.3 Å². The van der Waals surface area contributed by atoms with E-state index in [9.17, 15) is 14.7 Å². The molecule has 0 aliphatic heterocycles. The van der Waals surface area contributed by atoms with Gasteiger partial charge in [-0.25, -0.2) is 4.79 Å². The number of carboxylic acids is 1. The maximum Gasteiger partial charge on any atom is 0.326 e. The molecule has 0 aromatic heterocycles. The van der Waals surface area contributed by atoms with Crippen LogP contribution < -0.4 is 5.32 Å². The molecule has 4 aliphatic carbocycles. The number of hydrogen-bond donors (Lipinski definition) is 2. The summed E-state index contributed by atoms with van der Waals surface area (Å²) in [5.74, 6) is -0.365. The topological polar surface area (TPSA) is 66.4 Å². The Morgan fingerprint density at radius 3 is 2.23 bits per heavy atom. The molecular weight excluding hydrogens is 326 g/mol. The quantitative estimate of drug-likeness (QED) is 0.844. The van der Waals surface area contributed by atoms with Crippen molar-refractivity contribution in [1.29, 1.82) is 0 Å². The number of rotatable bonds is 5. The number of amides is 1. The second-order valence-corrected chi connectivity index (χ2v) is 9.96. The van der Waals surface area contributed by atoms with Gasteiger partial charge in [-0.2, -0.15) is 0 Å². The van der Waals surface area contributed by atoms with Gasteiger partial charge in [-0.15, -0.1) is 0 Å². The van der Waals surface area contributed by atoms with Crippen molar-refractivity contribution in [3.05, 3.63) is 35.9 Å². The fraction of sp³-hybridized carbons (Fsp3) is 0.636. The minimum Gasteiger partial charge on any atom is -0.480 e. The van der Waals surface area contributed by atoms with Crippen molar-refractivity contribution in [2.24, 2.45) is 22.2 Å². The zero-order chi connectivity index (χ0) is 18.6. The Balaban J connectivity index is 1.54. The van der Waals surface area contributed by atoms with Gasteiger partial charge in [0.2, 0.25) is 5.91 Å². The SMILES string of the molecule is CC12CC3CC(C)(C1)CC(C(=O)N[C@H](Cc1ccccc1)C(=O)O)(C3)C2. The van der Waals surface area contributed by atoms with Gasteiger partial charge in [0.05, 0.1) is 5.41 Å². The summed E-state index contributed by atoms with van der Waals surface area (Å²) in [7, 11) is 0. The van der Waals surface area contributed by atoms with Crippen LogP contribution in [0.1, 0.15) is 57.9 Å². The minimum atomic E-state index is -0.954. The van der Waals surface area contributed by atoms with Crippen molar-refractivity contribution in [2.75, 3.05) is 0 Å². The summed E-state index contributed by atoms with van der Waals surface area (Å²) < 4.78 is 0. The molecule has 26 heavy (non-hydrogen) atoms. The molecule has 1 aromatic carbocycles. The second-order valence-electron chi connectivity index (χ2n) is 9.96. The molecular formula is C22H29NO3. The van der Waals surface area contributed by atoms with E-state index in [-0.39, 0.29) is 22.2 Å². The number of benzene rings is 1. The van der Waals surface area contributed by atoms with Crippen LogP contribution in [0.4, 0.5) is 0 Å². The largest absolute Gasteiger partial charge is 0.480 e. The molecule has 4 heteroatoms. The average Bonchev–Trinajstić information content (AvgIpc) is 2.51. The number of aliphatic carboxylic acids is 1. The van der Waals surface area contributed by atoms with E-state index in [4.69, 9.17) is 0 Å². The Kier molecular flexibility index (Phi) is 3.94. The third-order valence-corrected chi connectivity index (χ3v) is 6.99. The summed E-state index contributed by atoms with van der Waals surface area (Å²) in [4.78, 5) is 25.1. The standard InChI is InChI=1S/C22H29NO3/c1-20-9-16-10-21(2,12-20)14-22(11-16,13-20)19(26)23-17(18(24)25)8-15-6-4-3-5-7-15/h3-7,16-17H,8-14H2,1-2H3,(H,23,26)(H,24,25)/t16?,17-,20?,21?,22?/m1/s1. The molecule has 0 spiro atoms. The van der Waals surface area contributed by atoms with E-state index in [1.165, 1.54) is 19.3 Å². The van der Waals surface area contributed by atoms with Crippen molar-refractivity contribution >= 4 is 11.9 Å². The molecule has 5 rings (SSSR count). The zero-order valence-corrected chi connectivity index (χ0v) is 15.8. The number of nitrogens with one attached hydrogen (secondary N) is 1. The first-order chi connectivity index (χ1) is 12.2. The Morgan fingerprint density at radius 1 is 1.08 bits per heavy atom. The molecule has 0 saturated heterocycles. The van der Waals surface area contributed by atoms with Gasteiger partial charge in [-0.05, 0) is 60.8 Å². The molecule has 1 amide bonds. The molecule has 2 unspecified atom stereocenters.